The number of aromatic nitrogens is 2. The summed E-state index contributed by atoms with van der Waals surface area (Å²) < 4.78 is 24.7. The van der Waals surface area contributed by atoms with Gasteiger partial charge in [-0.25, -0.2) is 10.2 Å². The van der Waals surface area contributed by atoms with Gasteiger partial charge in [-0.05, 0) is 115 Å². The Morgan fingerprint density at radius 3 is 2.49 bits per heavy atom. The summed E-state index contributed by atoms with van der Waals surface area (Å²) in [5.41, 5.74) is 10.4. The zero-order valence-corrected chi connectivity index (χ0v) is 42.2. The number of ether oxygens (including phenoxy) is 4. The predicted octanol–water partition coefficient (Wildman–Crippen LogP) is 6.89. The molecule has 372 valence electrons. The summed E-state index contributed by atoms with van der Waals surface area (Å²) in [4.78, 5) is 64.7. The van der Waals surface area contributed by atoms with Crippen LogP contribution in [0.15, 0.2) is 36.5 Å². The molecule has 4 atom stereocenters. The molecule has 0 unspecified atom stereocenters. The van der Waals surface area contributed by atoms with Crippen LogP contribution < -0.4 is 15.6 Å². The fourth-order valence-corrected chi connectivity index (χ4v) is 10.4. The molecule has 68 heavy (non-hydrogen) atoms. The number of hydrogen-bond donors (Lipinski definition) is 2. The van der Waals surface area contributed by atoms with Crippen molar-refractivity contribution < 1.29 is 38.1 Å². The van der Waals surface area contributed by atoms with Gasteiger partial charge in [0.2, 0.25) is 0 Å². The summed E-state index contributed by atoms with van der Waals surface area (Å²) in [5, 5.41) is 5.41. The van der Waals surface area contributed by atoms with Crippen LogP contribution in [0.3, 0.4) is 0 Å². The van der Waals surface area contributed by atoms with Gasteiger partial charge < -0.3 is 33.7 Å². The van der Waals surface area contributed by atoms with Crippen LogP contribution in [0.5, 0.6) is 0 Å². The molecule has 0 radical (unpaired) electrons. The minimum absolute atomic E-state index is 0.226. The molecule has 2 amide bonds. The molecule has 7 rings (SSSR count). The first-order chi connectivity index (χ1) is 32.4. The fraction of sp³-hybridized carbons (Fsp3) is 0.635. The Kier molecular flexibility index (Phi) is 16.2. The van der Waals surface area contributed by atoms with Crippen LogP contribution in [0.25, 0.3) is 27.7 Å². The highest BCUT2D eigenvalue weighted by Crippen LogP contribution is 2.43. The van der Waals surface area contributed by atoms with Crippen LogP contribution >= 0.6 is 0 Å². The quantitative estimate of drug-likeness (QED) is 0.120. The summed E-state index contributed by atoms with van der Waals surface area (Å²) >= 11 is 0. The third-order valence-electron chi connectivity index (χ3n) is 13.9. The Balaban J connectivity index is 1.25. The van der Waals surface area contributed by atoms with Crippen molar-refractivity contribution in [2.24, 2.45) is 5.41 Å². The van der Waals surface area contributed by atoms with Crippen molar-refractivity contribution >= 4 is 46.1 Å². The Morgan fingerprint density at radius 2 is 1.76 bits per heavy atom. The minimum atomic E-state index is -0.956. The molecule has 0 bridgehead atoms. The Labute approximate surface area is 403 Å². The zero-order chi connectivity index (χ0) is 48.9. The smallest absolute Gasteiger partial charge is 0.408 e. The molecular formula is C52H76N8O8. The summed E-state index contributed by atoms with van der Waals surface area (Å²) in [7, 11) is 3.06. The summed E-state index contributed by atoms with van der Waals surface area (Å²) in [5.74, 6) is -1.10. The van der Waals surface area contributed by atoms with E-state index in [1.807, 2.05) is 6.20 Å². The molecule has 0 spiro atoms. The van der Waals surface area contributed by atoms with E-state index in [2.05, 4.69) is 88.0 Å². The number of nitrogens with zero attached hydrogens (tertiary/aromatic N) is 6. The number of anilines is 1. The fourth-order valence-electron chi connectivity index (χ4n) is 10.4. The number of nitrogens with one attached hydrogen (secondary N) is 2. The van der Waals surface area contributed by atoms with Crippen molar-refractivity contribution in [3.05, 3.63) is 53.4 Å². The average molecular weight is 941 g/mol. The van der Waals surface area contributed by atoms with Gasteiger partial charge in [0.1, 0.15) is 17.7 Å². The summed E-state index contributed by atoms with van der Waals surface area (Å²) in [6.07, 6.45) is 9.60. The molecule has 0 aliphatic carbocycles. The molecular weight excluding hydrogens is 865 g/mol. The Bertz CT molecular complexity index is 2340. The van der Waals surface area contributed by atoms with E-state index in [4.69, 9.17) is 23.9 Å². The Hall–Kier alpha value is -5.03. The van der Waals surface area contributed by atoms with Crippen molar-refractivity contribution in [3.63, 3.8) is 0 Å². The zero-order valence-electron chi connectivity index (χ0n) is 42.2. The Morgan fingerprint density at radius 1 is 0.971 bits per heavy atom. The monoisotopic (exact) mass is 941 g/mol. The number of esters is 2. The van der Waals surface area contributed by atoms with E-state index in [0.29, 0.717) is 51.5 Å². The van der Waals surface area contributed by atoms with Crippen LogP contribution in [-0.4, -0.2) is 145 Å². The average Bonchev–Trinajstić information content (AvgIpc) is 3.62. The number of amides is 2. The van der Waals surface area contributed by atoms with Crippen LogP contribution in [0.2, 0.25) is 0 Å². The predicted molar refractivity (Wildman–Crippen MR) is 264 cm³/mol. The molecule has 1 aromatic carbocycles. The first-order valence-corrected chi connectivity index (χ1v) is 24.8. The number of carbonyl (C=O) groups is 4. The van der Waals surface area contributed by atoms with E-state index in [0.717, 1.165) is 76.3 Å². The first-order valence-electron chi connectivity index (χ1n) is 24.8. The minimum Gasteiger partial charge on any atom is -0.468 e. The molecule has 3 aromatic rings. The number of alkyl carbamates (subject to hydrolysis) is 1. The number of benzene rings is 1. The lowest BCUT2D eigenvalue weighted by molar-refractivity contribution is -0.150. The van der Waals surface area contributed by atoms with Gasteiger partial charge in [-0.2, -0.15) is 0 Å². The van der Waals surface area contributed by atoms with Crippen LogP contribution in [-0.2, 0) is 46.3 Å². The highest BCUT2D eigenvalue weighted by Gasteiger charge is 2.36. The van der Waals surface area contributed by atoms with E-state index < -0.39 is 35.2 Å². The number of carbonyl (C=O) groups excluding carboxylic acids is 4. The van der Waals surface area contributed by atoms with E-state index in [-0.39, 0.29) is 31.1 Å². The van der Waals surface area contributed by atoms with Crippen molar-refractivity contribution in [2.45, 2.75) is 137 Å². The molecule has 3 saturated heterocycles. The third-order valence-corrected chi connectivity index (χ3v) is 13.9. The maximum atomic E-state index is 14.2. The number of fused-ring (bicyclic) bond motifs is 2. The molecule has 0 saturated carbocycles. The molecule has 16 nitrogen and oxygen atoms in total. The number of methoxy groups -OCH3 is 2. The standard InChI is InChI=1S/C52H76N8O8/c1-11-59-45-20-19-36(37-16-14-21-56(30-37)32-44(54-50(64)68-51(4,5)6)48(62)60-23-15-18-43(55-60)49(63)66-10)26-40(45)42(28-52(7,8)33-67-35(3)61)47(59)41-27-39(29-53-46(41)34(2)65-9)58-25-24-57-22-13-12-17-38(57)31-58/h16,19-20,26-27,29,34,38,43-44,55H,11-15,17-18,21-25,28,30-33H2,1-10H3,(H,54,64)/t34-,38+,43-,44-/m0/s1. The molecule has 4 aliphatic heterocycles. The molecule has 2 aromatic heterocycles. The second-order valence-electron chi connectivity index (χ2n) is 20.8. The SMILES string of the molecule is CCn1c(-c2cc(N3CCN4CCCC[C@@H]4C3)cnc2[C@H](C)OC)c(CC(C)(C)COC(C)=O)c2cc(C3=CCCN(C[C@H](NC(=O)OC(C)(C)C)C(=O)N4CCC[C@@H](C(=O)OC)N4)C3)ccc21. The number of piperazine rings is 1. The van der Waals surface area contributed by atoms with Gasteiger partial charge in [-0.3, -0.25) is 34.2 Å². The lowest BCUT2D eigenvalue weighted by atomic mass is 9.84. The topological polar surface area (TPSA) is 160 Å². The van der Waals surface area contributed by atoms with Gasteiger partial charge in [0.15, 0.2) is 0 Å². The third kappa shape index (κ3) is 12.0. The largest absolute Gasteiger partial charge is 0.468 e. The van der Waals surface area contributed by atoms with Crippen molar-refractivity contribution in [2.75, 3.05) is 78.1 Å². The van der Waals surface area contributed by atoms with Crippen LogP contribution in [0.1, 0.15) is 117 Å². The van der Waals surface area contributed by atoms with Gasteiger partial charge in [-0.15, -0.1) is 0 Å². The van der Waals surface area contributed by atoms with Crippen molar-refractivity contribution in [1.82, 2.24) is 35.1 Å². The van der Waals surface area contributed by atoms with Gasteiger partial charge >= 0.3 is 18.0 Å². The second kappa shape index (κ2) is 21.7. The van der Waals surface area contributed by atoms with Crippen molar-refractivity contribution in [3.8, 4) is 11.3 Å². The molecule has 4 aliphatic rings. The normalized spacial score (nSPS) is 20.6. The van der Waals surface area contributed by atoms with Gasteiger partial charge in [0.05, 0.1) is 43.1 Å². The molecule has 6 heterocycles. The van der Waals surface area contributed by atoms with Crippen LogP contribution in [0.4, 0.5) is 10.5 Å². The number of hydrogen-bond acceptors (Lipinski definition) is 13. The van der Waals surface area contributed by atoms with E-state index in [1.54, 1.807) is 27.9 Å². The summed E-state index contributed by atoms with van der Waals surface area (Å²) in [6, 6.07) is 7.96. The van der Waals surface area contributed by atoms with Crippen molar-refractivity contribution in [1.29, 1.82) is 0 Å². The number of aryl methyl sites for hydroxylation is 1. The van der Waals surface area contributed by atoms with E-state index in [9.17, 15) is 19.2 Å². The highest BCUT2D eigenvalue weighted by molar-refractivity contribution is 5.95. The van der Waals surface area contributed by atoms with E-state index >= 15 is 0 Å². The van der Waals surface area contributed by atoms with Gasteiger partial charge in [0, 0.05) is 94.3 Å². The van der Waals surface area contributed by atoms with Gasteiger partial charge in [0.25, 0.3) is 5.91 Å². The number of pyridine rings is 1. The molecule has 3 fully saturated rings. The number of rotatable bonds is 15. The second-order valence-corrected chi connectivity index (χ2v) is 20.8. The summed E-state index contributed by atoms with van der Waals surface area (Å²) in [6.45, 7) is 22.3. The molecule has 16 heteroatoms. The first kappa shape index (κ1) is 50.8. The highest BCUT2D eigenvalue weighted by atomic mass is 16.6. The lowest BCUT2D eigenvalue weighted by Crippen LogP contribution is -2.62. The van der Waals surface area contributed by atoms with Crippen LogP contribution in [0, 0.1) is 5.41 Å². The molecule has 2 N–H and O–H groups in total. The lowest BCUT2D eigenvalue weighted by Gasteiger charge is -2.45. The maximum Gasteiger partial charge on any atom is 0.408 e. The van der Waals surface area contributed by atoms with Gasteiger partial charge in [-0.1, -0.05) is 32.4 Å². The van der Waals surface area contributed by atoms with E-state index in [1.165, 1.54) is 44.8 Å². The number of hydrazine groups is 1. The number of piperidine rings is 1. The maximum absolute atomic E-state index is 14.2.